The standard InChI is InChI=1S/C19H20N4OS/c20-12-14-1-3-15(4-2-14)18(24)23(13-17-22-9-10-25-17)16-11-19(16)5-7-21-8-6-19/h1-4,9-10,16,21H,5-8,11,13H2. The molecule has 0 radical (unpaired) electrons. The van der Waals surface area contributed by atoms with Crippen molar-refractivity contribution in [1.29, 1.82) is 5.26 Å². The maximum Gasteiger partial charge on any atom is 0.254 e. The summed E-state index contributed by atoms with van der Waals surface area (Å²) in [6, 6.07) is 9.33. The van der Waals surface area contributed by atoms with E-state index in [9.17, 15) is 4.79 Å². The van der Waals surface area contributed by atoms with E-state index in [2.05, 4.69) is 16.4 Å². The Morgan fingerprint density at radius 2 is 2.12 bits per heavy atom. The number of nitrogens with zero attached hydrogens (tertiary/aromatic N) is 3. The molecule has 1 aromatic carbocycles. The van der Waals surface area contributed by atoms with E-state index < -0.39 is 0 Å². The molecule has 1 amide bonds. The predicted octanol–water partition coefficient (Wildman–Crippen LogP) is 2.80. The van der Waals surface area contributed by atoms with E-state index >= 15 is 0 Å². The van der Waals surface area contributed by atoms with Crippen LogP contribution in [0.5, 0.6) is 0 Å². The van der Waals surface area contributed by atoms with E-state index in [-0.39, 0.29) is 11.3 Å². The van der Waals surface area contributed by atoms with Crippen molar-refractivity contribution >= 4 is 17.2 Å². The van der Waals surface area contributed by atoms with Gasteiger partial charge in [-0.1, -0.05) is 0 Å². The molecule has 1 saturated heterocycles. The summed E-state index contributed by atoms with van der Waals surface area (Å²) in [5.74, 6) is 0.0418. The van der Waals surface area contributed by atoms with Crippen LogP contribution < -0.4 is 5.32 Å². The van der Waals surface area contributed by atoms with Crippen LogP contribution in [0, 0.1) is 16.7 Å². The van der Waals surface area contributed by atoms with Crippen LogP contribution in [0.4, 0.5) is 0 Å². The molecule has 4 rings (SSSR count). The van der Waals surface area contributed by atoms with Crippen LogP contribution in [-0.2, 0) is 6.54 Å². The van der Waals surface area contributed by atoms with Gasteiger partial charge in [0.05, 0.1) is 18.2 Å². The van der Waals surface area contributed by atoms with E-state index in [4.69, 9.17) is 5.26 Å². The molecule has 1 unspecified atom stereocenters. The molecule has 1 aliphatic heterocycles. The summed E-state index contributed by atoms with van der Waals surface area (Å²) in [5, 5.41) is 15.3. The average molecular weight is 352 g/mol. The Morgan fingerprint density at radius 1 is 1.36 bits per heavy atom. The number of rotatable bonds is 4. The zero-order valence-corrected chi connectivity index (χ0v) is 14.8. The number of carbonyl (C=O) groups excluding carboxylic acids is 1. The van der Waals surface area contributed by atoms with Crippen molar-refractivity contribution in [3.8, 4) is 6.07 Å². The quantitative estimate of drug-likeness (QED) is 0.919. The molecule has 2 fully saturated rings. The SMILES string of the molecule is N#Cc1ccc(C(=O)N(Cc2nccs2)C2CC23CCNCC3)cc1. The van der Waals surface area contributed by atoms with Crippen LogP contribution in [0.2, 0.25) is 0 Å². The van der Waals surface area contributed by atoms with Crippen molar-refractivity contribution in [3.63, 3.8) is 0 Å². The highest BCUT2D eigenvalue weighted by Gasteiger charge is 2.57. The second-order valence-corrected chi connectivity index (χ2v) is 7.86. The largest absolute Gasteiger partial charge is 0.328 e. The molecule has 1 aliphatic carbocycles. The third kappa shape index (κ3) is 3.17. The van der Waals surface area contributed by atoms with Gasteiger partial charge in [0, 0.05) is 23.2 Å². The number of nitrogens with one attached hydrogen (secondary N) is 1. The molecule has 0 bridgehead atoms. The lowest BCUT2D eigenvalue weighted by molar-refractivity contribution is 0.0692. The number of aromatic nitrogens is 1. The Balaban J connectivity index is 1.58. The number of hydrogen-bond acceptors (Lipinski definition) is 5. The average Bonchev–Trinajstić information content (AvgIpc) is 3.08. The molecule has 2 heterocycles. The number of piperidine rings is 1. The number of carbonyl (C=O) groups is 1. The lowest BCUT2D eigenvalue weighted by Gasteiger charge is -2.29. The van der Waals surface area contributed by atoms with Gasteiger partial charge < -0.3 is 10.2 Å². The first-order valence-corrected chi connectivity index (χ1v) is 9.50. The molecule has 2 aromatic rings. The fraction of sp³-hybridized carbons (Fsp3) is 0.421. The van der Waals surface area contributed by atoms with Gasteiger partial charge in [0.25, 0.3) is 5.91 Å². The van der Waals surface area contributed by atoms with Gasteiger partial charge in [-0.25, -0.2) is 4.98 Å². The minimum Gasteiger partial charge on any atom is -0.328 e. The molecule has 6 heteroatoms. The first kappa shape index (κ1) is 16.2. The fourth-order valence-corrected chi connectivity index (χ4v) is 4.50. The smallest absolute Gasteiger partial charge is 0.254 e. The van der Waals surface area contributed by atoms with Crippen molar-refractivity contribution in [1.82, 2.24) is 15.2 Å². The van der Waals surface area contributed by atoms with Crippen LogP contribution >= 0.6 is 11.3 Å². The van der Waals surface area contributed by atoms with E-state index in [1.807, 2.05) is 10.3 Å². The third-order valence-corrected chi connectivity index (χ3v) is 6.20. The topological polar surface area (TPSA) is 69.0 Å². The molecule has 1 spiro atoms. The van der Waals surface area contributed by atoms with Crippen LogP contribution in [0.1, 0.15) is 40.2 Å². The van der Waals surface area contributed by atoms with Gasteiger partial charge in [0.15, 0.2) is 0 Å². The minimum atomic E-state index is 0.0418. The van der Waals surface area contributed by atoms with Crippen molar-refractivity contribution in [2.24, 2.45) is 5.41 Å². The van der Waals surface area contributed by atoms with E-state index in [0.29, 0.717) is 23.7 Å². The molecule has 128 valence electrons. The van der Waals surface area contributed by atoms with Gasteiger partial charge in [-0.15, -0.1) is 11.3 Å². The summed E-state index contributed by atoms with van der Waals surface area (Å²) in [6.07, 6.45) is 5.14. The Morgan fingerprint density at radius 3 is 2.76 bits per heavy atom. The maximum absolute atomic E-state index is 13.2. The third-order valence-electron chi connectivity index (χ3n) is 5.43. The molecule has 25 heavy (non-hydrogen) atoms. The second-order valence-electron chi connectivity index (χ2n) is 6.88. The lowest BCUT2D eigenvalue weighted by atomic mass is 9.93. The number of nitriles is 1. The highest BCUT2D eigenvalue weighted by Crippen LogP contribution is 2.56. The Labute approximate surface area is 151 Å². The number of thiazole rings is 1. The monoisotopic (exact) mass is 352 g/mol. The molecular weight excluding hydrogens is 332 g/mol. The van der Waals surface area contributed by atoms with Gasteiger partial charge in [-0.3, -0.25) is 4.79 Å². The molecule has 1 N–H and O–H groups in total. The highest BCUT2D eigenvalue weighted by atomic mass is 32.1. The summed E-state index contributed by atoms with van der Waals surface area (Å²) in [5.41, 5.74) is 1.50. The summed E-state index contributed by atoms with van der Waals surface area (Å²) in [4.78, 5) is 19.6. The first-order valence-electron chi connectivity index (χ1n) is 8.62. The van der Waals surface area contributed by atoms with Gasteiger partial charge in [-0.2, -0.15) is 5.26 Å². The molecule has 2 aliphatic rings. The summed E-state index contributed by atoms with van der Waals surface area (Å²) in [7, 11) is 0. The maximum atomic E-state index is 13.2. The lowest BCUT2D eigenvalue weighted by Crippen LogP contribution is -2.39. The Hall–Kier alpha value is -2.23. The normalized spacial score (nSPS) is 20.8. The van der Waals surface area contributed by atoms with Crippen LogP contribution in [0.25, 0.3) is 0 Å². The minimum absolute atomic E-state index is 0.0418. The zero-order valence-electron chi connectivity index (χ0n) is 13.9. The van der Waals surface area contributed by atoms with Crippen LogP contribution in [-0.4, -0.2) is 34.9 Å². The Kier molecular flexibility index (Phi) is 4.28. The van der Waals surface area contributed by atoms with Crippen molar-refractivity contribution in [3.05, 3.63) is 52.0 Å². The van der Waals surface area contributed by atoms with Crippen molar-refractivity contribution in [2.75, 3.05) is 13.1 Å². The number of amides is 1. The highest BCUT2D eigenvalue weighted by molar-refractivity contribution is 7.09. The van der Waals surface area contributed by atoms with Gasteiger partial charge in [0.2, 0.25) is 0 Å². The fourth-order valence-electron chi connectivity index (χ4n) is 3.88. The molecular formula is C19H20N4OS. The first-order chi connectivity index (χ1) is 12.2. The van der Waals surface area contributed by atoms with E-state index in [0.717, 1.165) is 37.4 Å². The molecule has 1 saturated carbocycles. The van der Waals surface area contributed by atoms with Crippen LogP contribution in [0.15, 0.2) is 35.8 Å². The molecule has 1 atom stereocenters. The Bertz CT molecular complexity index is 788. The number of hydrogen-bond donors (Lipinski definition) is 1. The van der Waals surface area contributed by atoms with Crippen molar-refractivity contribution < 1.29 is 4.79 Å². The molecule has 1 aromatic heterocycles. The van der Waals surface area contributed by atoms with Crippen LogP contribution in [0.3, 0.4) is 0 Å². The summed E-state index contributed by atoms with van der Waals surface area (Å²) in [6.45, 7) is 2.63. The second kappa shape index (κ2) is 6.58. The van der Waals surface area contributed by atoms with Gasteiger partial charge in [-0.05, 0) is 62.0 Å². The predicted molar refractivity (Wildman–Crippen MR) is 96.1 cm³/mol. The van der Waals surface area contributed by atoms with Gasteiger partial charge in [0.1, 0.15) is 5.01 Å². The van der Waals surface area contributed by atoms with E-state index in [1.165, 1.54) is 0 Å². The molecule has 5 nitrogen and oxygen atoms in total. The summed E-state index contributed by atoms with van der Waals surface area (Å²) >= 11 is 1.59. The van der Waals surface area contributed by atoms with Crippen molar-refractivity contribution in [2.45, 2.75) is 31.8 Å². The van der Waals surface area contributed by atoms with Gasteiger partial charge >= 0.3 is 0 Å². The zero-order chi connectivity index (χ0) is 17.3. The summed E-state index contributed by atoms with van der Waals surface area (Å²) < 4.78 is 0. The van der Waals surface area contributed by atoms with E-state index in [1.54, 1.807) is 41.8 Å². The number of benzene rings is 1.